The van der Waals surface area contributed by atoms with E-state index in [0.717, 1.165) is 6.67 Å². The van der Waals surface area contributed by atoms with Gasteiger partial charge in [-0.1, -0.05) is 82.3 Å². The topological polar surface area (TPSA) is 9.72 Å². The maximum atomic E-state index is 2.56. The van der Waals surface area contributed by atoms with Gasteiger partial charge in [0.25, 0.3) is 0 Å². The molecule has 0 atom stereocenters. The molecular formula is C30H31N3. The number of fused-ring (bicyclic) bond motifs is 4. The molecule has 6 rings (SSSR count). The van der Waals surface area contributed by atoms with Crippen molar-refractivity contribution in [2.45, 2.75) is 39.5 Å². The highest BCUT2D eigenvalue weighted by Crippen LogP contribution is 2.58. The van der Waals surface area contributed by atoms with Crippen molar-refractivity contribution in [1.29, 1.82) is 0 Å². The van der Waals surface area contributed by atoms with Crippen LogP contribution in [-0.2, 0) is 0 Å². The van der Waals surface area contributed by atoms with Gasteiger partial charge in [0, 0.05) is 18.1 Å². The molecule has 0 amide bonds. The summed E-state index contributed by atoms with van der Waals surface area (Å²) in [6.07, 6.45) is 0. The molecule has 0 spiro atoms. The van der Waals surface area contributed by atoms with Crippen molar-refractivity contribution in [1.82, 2.24) is 0 Å². The van der Waals surface area contributed by atoms with E-state index in [1.165, 1.54) is 56.0 Å². The highest BCUT2D eigenvalue weighted by Gasteiger charge is 2.38. The molecule has 0 unspecified atom stereocenters. The van der Waals surface area contributed by atoms with E-state index in [4.69, 9.17) is 0 Å². The molecule has 0 radical (unpaired) electrons. The lowest BCUT2D eigenvalue weighted by Crippen LogP contribution is -2.29. The van der Waals surface area contributed by atoms with Gasteiger partial charge in [-0.15, -0.1) is 0 Å². The third kappa shape index (κ3) is 2.81. The average Bonchev–Trinajstić information content (AvgIpc) is 3.21. The molecule has 3 heteroatoms. The Morgan fingerprint density at radius 3 is 1.91 bits per heavy atom. The van der Waals surface area contributed by atoms with Crippen molar-refractivity contribution in [3.05, 3.63) is 83.9 Å². The number of anilines is 6. The Morgan fingerprint density at radius 2 is 1.18 bits per heavy atom. The van der Waals surface area contributed by atoms with Crippen molar-refractivity contribution in [2.75, 3.05) is 28.4 Å². The van der Waals surface area contributed by atoms with Crippen LogP contribution in [0.4, 0.5) is 34.1 Å². The van der Waals surface area contributed by atoms with Crippen LogP contribution in [0.3, 0.4) is 0 Å². The second kappa shape index (κ2) is 7.28. The van der Waals surface area contributed by atoms with Crippen LogP contribution in [0.15, 0.2) is 72.8 Å². The first-order valence-electron chi connectivity index (χ1n) is 12.0. The van der Waals surface area contributed by atoms with Crippen LogP contribution in [0.1, 0.15) is 50.7 Å². The quantitative estimate of drug-likeness (QED) is 0.321. The van der Waals surface area contributed by atoms with Crippen molar-refractivity contribution < 1.29 is 0 Å². The van der Waals surface area contributed by atoms with Gasteiger partial charge >= 0.3 is 0 Å². The molecule has 0 saturated carbocycles. The monoisotopic (exact) mass is 433 g/mol. The summed E-state index contributed by atoms with van der Waals surface area (Å²) in [5.74, 6) is 0.923. The summed E-state index contributed by atoms with van der Waals surface area (Å²) in [5, 5.41) is 2.59. The van der Waals surface area contributed by atoms with E-state index in [2.05, 4.69) is 122 Å². The molecule has 0 fully saturated rings. The molecule has 2 aliphatic heterocycles. The zero-order valence-corrected chi connectivity index (χ0v) is 20.1. The number of hydrogen-bond donors (Lipinski definition) is 0. The smallest absolute Gasteiger partial charge is 0.100 e. The van der Waals surface area contributed by atoms with Gasteiger partial charge in [-0.3, -0.25) is 0 Å². The van der Waals surface area contributed by atoms with E-state index >= 15 is 0 Å². The predicted molar refractivity (Wildman–Crippen MR) is 142 cm³/mol. The van der Waals surface area contributed by atoms with Crippen molar-refractivity contribution in [2.24, 2.45) is 0 Å². The van der Waals surface area contributed by atoms with Gasteiger partial charge in [-0.2, -0.15) is 0 Å². The third-order valence-electron chi connectivity index (χ3n) is 7.32. The Morgan fingerprint density at radius 1 is 0.576 bits per heavy atom. The summed E-state index contributed by atoms with van der Waals surface area (Å²) < 4.78 is 0. The van der Waals surface area contributed by atoms with E-state index in [0.29, 0.717) is 11.8 Å². The van der Waals surface area contributed by atoms with E-state index in [1.54, 1.807) is 0 Å². The molecule has 4 aromatic carbocycles. The normalized spacial score (nSPS) is 14.5. The van der Waals surface area contributed by atoms with E-state index < -0.39 is 0 Å². The van der Waals surface area contributed by atoms with Gasteiger partial charge in [-0.25, -0.2) is 0 Å². The highest BCUT2D eigenvalue weighted by atomic mass is 15.4. The van der Waals surface area contributed by atoms with Crippen molar-refractivity contribution in [3.63, 3.8) is 0 Å². The minimum atomic E-state index is 0.461. The summed E-state index contributed by atoms with van der Waals surface area (Å²) >= 11 is 0. The summed E-state index contributed by atoms with van der Waals surface area (Å²) in [6.45, 7) is 10.1. The Balaban J connectivity index is 1.61. The van der Waals surface area contributed by atoms with Crippen molar-refractivity contribution in [3.8, 4) is 0 Å². The standard InChI is InChI=1S/C30H31N3/c1-19(2)22-12-8-13-23(20(3)4)28(22)32-18-33-27-17-16-21-10-6-7-11-24(21)29(27)31(5)25-14-9-15-26(32)30(25)33/h6-17,19-20H,18H2,1-5H3. The number of para-hydroxylation sites is 2. The minimum Gasteiger partial charge on any atom is -0.341 e. The number of nitrogens with zero attached hydrogens (tertiary/aromatic N) is 3. The van der Waals surface area contributed by atoms with Gasteiger partial charge in [0.1, 0.15) is 6.67 Å². The fourth-order valence-corrected chi connectivity index (χ4v) is 5.72. The fourth-order valence-electron chi connectivity index (χ4n) is 5.72. The first kappa shape index (κ1) is 20.2. The first-order valence-corrected chi connectivity index (χ1v) is 12.0. The second-order valence-electron chi connectivity index (χ2n) is 9.95. The van der Waals surface area contributed by atoms with Crippen LogP contribution >= 0.6 is 0 Å². The molecule has 2 aliphatic rings. The summed E-state index contributed by atoms with van der Waals surface area (Å²) in [7, 11) is 2.21. The van der Waals surface area contributed by atoms with Crippen LogP contribution in [0.2, 0.25) is 0 Å². The fraction of sp³-hybridized carbons (Fsp3) is 0.267. The summed E-state index contributed by atoms with van der Waals surface area (Å²) in [4.78, 5) is 7.46. The van der Waals surface area contributed by atoms with Crippen LogP contribution in [0, 0.1) is 0 Å². The predicted octanol–water partition coefficient (Wildman–Crippen LogP) is 8.42. The zero-order valence-electron chi connectivity index (χ0n) is 20.1. The van der Waals surface area contributed by atoms with Gasteiger partial charge in [0.05, 0.1) is 28.4 Å². The largest absolute Gasteiger partial charge is 0.341 e. The van der Waals surface area contributed by atoms with E-state index in [-0.39, 0.29) is 0 Å². The van der Waals surface area contributed by atoms with E-state index in [9.17, 15) is 0 Å². The molecule has 2 heterocycles. The second-order valence-corrected chi connectivity index (χ2v) is 9.95. The van der Waals surface area contributed by atoms with Crippen LogP contribution in [-0.4, -0.2) is 13.7 Å². The van der Waals surface area contributed by atoms with Crippen LogP contribution in [0.5, 0.6) is 0 Å². The van der Waals surface area contributed by atoms with Gasteiger partial charge in [0.15, 0.2) is 0 Å². The Bertz CT molecular complexity index is 1360. The average molecular weight is 434 g/mol. The molecule has 0 bridgehead atoms. The maximum Gasteiger partial charge on any atom is 0.100 e. The molecule has 3 nitrogen and oxygen atoms in total. The number of rotatable bonds is 3. The molecule has 4 aromatic rings. The Kier molecular flexibility index (Phi) is 4.45. The number of hydrogen-bond acceptors (Lipinski definition) is 3. The molecule has 0 N–H and O–H groups in total. The maximum absolute atomic E-state index is 2.56. The van der Waals surface area contributed by atoms with Crippen molar-refractivity contribution >= 4 is 44.9 Å². The van der Waals surface area contributed by atoms with Gasteiger partial charge in [-0.05, 0) is 46.5 Å². The lowest BCUT2D eigenvalue weighted by atomic mass is 9.92. The Labute approximate surface area is 196 Å². The van der Waals surface area contributed by atoms with Gasteiger partial charge < -0.3 is 14.7 Å². The third-order valence-corrected chi connectivity index (χ3v) is 7.32. The molecule has 0 aromatic heterocycles. The van der Waals surface area contributed by atoms with Crippen LogP contribution in [0.25, 0.3) is 10.8 Å². The SMILES string of the molecule is CC(C)c1cccc(C(C)C)c1N1CN2c3ccc4ccccc4c3N(C)c3cccc1c32. The van der Waals surface area contributed by atoms with Crippen LogP contribution < -0.4 is 14.7 Å². The molecule has 0 aliphatic carbocycles. The van der Waals surface area contributed by atoms with E-state index in [1.807, 2.05) is 0 Å². The molecular weight excluding hydrogens is 402 g/mol. The Hall–Kier alpha value is -3.46. The minimum absolute atomic E-state index is 0.461. The summed E-state index contributed by atoms with van der Waals surface area (Å²) in [5.41, 5.74) is 10.7. The lowest BCUT2D eigenvalue weighted by Gasteiger charge is -2.36. The number of benzene rings is 4. The molecule has 33 heavy (non-hydrogen) atoms. The summed E-state index contributed by atoms with van der Waals surface area (Å²) in [6, 6.07) is 26.9. The molecule has 0 saturated heterocycles. The highest BCUT2D eigenvalue weighted by molar-refractivity contribution is 6.11. The first-order chi connectivity index (χ1) is 16.0. The van der Waals surface area contributed by atoms with Gasteiger partial charge in [0.2, 0.25) is 0 Å². The molecule has 166 valence electrons. The lowest BCUT2D eigenvalue weighted by molar-refractivity contribution is 0.818. The zero-order chi connectivity index (χ0) is 22.9.